The first-order chi connectivity index (χ1) is 10.5. The van der Waals surface area contributed by atoms with Crippen LogP contribution in [-0.2, 0) is 0 Å². The van der Waals surface area contributed by atoms with Crippen LogP contribution in [0.15, 0.2) is 24.4 Å². The number of nitrogens with zero attached hydrogens (tertiary/aromatic N) is 4. The van der Waals surface area contributed by atoms with Crippen molar-refractivity contribution >= 4 is 33.8 Å². The van der Waals surface area contributed by atoms with Crippen LogP contribution in [0.5, 0.6) is 0 Å². The zero-order chi connectivity index (χ0) is 15.9. The van der Waals surface area contributed by atoms with E-state index >= 15 is 0 Å². The number of carbonyl (C=O) groups excluding carboxylic acids is 1. The molecule has 1 aromatic carbocycles. The van der Waals surface area contributed by atoms with Gasteiger partial charge in [-0.3, -0.25) is 9.78 Å². The van der Waals surface area contributed by atoms with Crippen LogP contribution in [0.3, 0.4) is 0 Å². The first-order valence-corrected chi connectivity index (χ1v) is 7.48. The third-order valence-electron chi connectivity index (χ3n) is 3.94. The Morgan fingerprint density at radius 3 is 2.59 bits per heavy atom. The highest BCUT2D eigenvalue weighted by molar-refractivity contribution is 6.62. The van der Waals surface area contributed by atoms with Gasteiger partial charge in [0.05, 0.1) is 17.2 Å². The minimum Gasteiger partial charge on any atom is -0.351 e. The summed E-state index contributed by atoms with van der Waals surface area (Å²) < 4.78 is 13.2. The molecule has 1 amide bonds. The van der Waals surface area contributed by atoms with E-state index < -0.39 is 5.37 Å². The predicted octanol–water partition coefficient (Wildman–Crippen LogP) is 3.03. The Bertz CT molecular complexity index is 714. The summed E-state index contributed by atoms with van der Waals surface area (Å²) in [5.74, 6) is 0.394. The number of fused-ring (bicyclic) bond motifs is 1. The highest BCUT2D eigenvalue weighted by atomic mass is 35.5. The summed E-state index contributed by atoms with van der Waals surface area (Å²) in [5.41, 5.74) is 1.18. The Hall–Kier alpha value is -1.95. The summed E-state index contributed by atoms with van der Waals surface area (Å²) in [6.07, 6.45) is 1.64. The largest absolute Gasteiger partial charge is 0.351 e. The van der Waals surface area contributed by atoms with E-state index in [-0.39, 0.29) is 17.9 Å². The second-order valence-corrected chi connectivity index (χ2v) is 5.95. The molecule has 116 valence electrons. The quantitative estimate of drug-likeness (QED) is 0.598. The van der Waals surface area contributed by atoms with E-state index in [4.69, 9.17) is 11.6 Å². The topological polar surface area (TPSA) is 49.3 Å². The molecule has 0 bridgehead atoms. The van der Waals surface area contributed by atoms with Gasteiger partial charge in [0.15, 0.2) is 0 Å². The zero-order valence-electron chi connectivity index (χ0n) is 12.3. The third-order valence-corrected chi connectivity index (χ3v) is 4.13. The number of amides is 1. The Morgan fingerprint density at radius 2 is 1.95 bits per heavy atom. The van der Waals surface area contributed by atoms with E-state index in [1.807, 2.05) is 13.8 Å². The third kappa shape index (κ3) is 2.70. The van der Waals surface area contributed by atoms with Crippen LogP contribution in [0, 0.1) is 5.82 Å². The molecule has 5 nitrogen and oxygen atoms in total. The number of piperazine rings is 1. The fourth-order valence-electron chi connectivity index (χ4n) is 2.98. The summed E-state index contributed by atoms with van der Waals surface area (Å²) in [6, 6.07) is 4.32. The van der Waals surface area contributed by atoms with E-state index in [9.17, 15) is 9.18 Å². The number of carbonyl (C=O) groups is 1. The number of hydrogen-bond acceptors (Lipinski definition) is 4. The monoisotopic (exact) mass is 322 g/mol. The number of aromatic nitrogens is 2. The molecule has 1 aliphatic rings. The molecule has 7 heteroatoms. The van der Waals surface area contributed by atoms with Gasteiger partial charge in [-0.2, -0.15) is 0 Å². The molecule has 0 saturated carbocycles. The summed E-state index contributed by atoms with van der Waals surface area (Å²) in [5, 5.41) is -0.431. The molecule has 1 saturated heterocycles. The molecule has 0 unspecified atom stereocenters. The van der Waals surface area contributed by atoms with Gasteiger partial charge in [-0.15, -0.1) is 0 Å². The van der Waals surface area contributed by atoms with Gasteiger partial charge < -0.3 is 9.80 Å². The molecule has 22 heavy (non-hydrogen) atoms. The first-order valence-electron chi connectivity index (χ1n) is 7.11. The second kappa shape index (κ2) is 5.68. The number of rotatable bonds is 1. The van der Waals surface area contributed by atoms with Crippen LogP contribution < -0.4 is 4.90 Å². The lowest BCUT2D eigenvalue weighted by atomic mass is 10.1. The van der Waals surface area contributed by atoms with Gasteiger partial charge in [0.1, 0.15) is 11.6 Å². The molecule has 1 aliphatic heterocycles. The van der Waals surface area contributed by atoms with Crippen molar-refractivity contribution in [1.82, 2.24) is 14.9 Å². The van der Waals surface area contributed by atoms with Crippen molar-refractivity contribution in [3.8, 4) is 0 Å². The Kier molecular flexibility index (Phi) is 3.87. The molecule has 2 aromatic rings. The summed E-state index contributed by atoms with van der Waals surface area (Å²) >= 11 is 5.64. The minimum absolute atomic E-state index is 0.0144. The smallest absolute Gasteiger partial charge is 0.316 e. The van der Waals surface area contributed by atoms with Gasteiger partial charge in [0, 0.05) is 31.2 Å². The van der Waals surface area contributed by atoms with E-state index in [0.717, 1.165) is 5.82 Å². The Morgan fingerprint density at radius 1 is 1.27 bits per heavy atom. The predicted molar refractivity (Wildman–Crippen MR) is 83.7 cm³/mol. The fraction of sp³-hybridized carbons (Fsp3) is 0.400. The van der Waals surface area contributed by atoms with Crippen molar-refractivity contribution in [3.63, 3.8) is 0 Å². The lowest BCUT2D eigenvalue weighted by molar-refractivity contribution is 0.162. The van der Waals surface area contributed by atoms with Crippen molar-refractivity contribution in [1.29, 1.82) is 0 Å². The van der Waals surface area contributed by atoms with Crippen molar-refractivity contribution in [3.05, 3.63) is 30.2 Å². The molecule has 2 atom stereocenters. The number of benzene rings is 1. The van der Waals surface area contributed by atoms with Crippen LogP contribution in [0.2, 0.25) is 0 Å². The van der Waals surface area contributed by atoms with Gasteiger partial charge >= 0.3 is 5.37 Å². The lowest BCUT2D eigenvalue weighted by Gasteiger charge is -2.43. The second-order valence-electron chi connectivity index (χ2n) is 5.62. The van der Waals surface area contributed by atoms with Crippen molar-refractivity contribution < 1.29 is 9.18 Å². The average Bonchev–Trinajstić information content (AvgIpc) is 2.45. The van der Waals surface area contributed by atoms with Crippen molar-refractivity contribution in [2.45, 2.75) is 25.9 Å². The maximum atomic E-state index is 13.2. The maximum Gasteiger partial charge on any atom is 0.316 e. The first kappa shape index (κ1) is 15.0. The molecule has 0 spiro atoms. The number of hydrogen-bond donors (Lipinski definition) is 0. The van der Waals surface area contributed by atoms with E-state index in [1.54, 1.807) is 17.2 Å². The molecular formula is C15H16ClFN4O. The van der Waals surface area contributed by atoms with Gasteiger partial charge in [-0.1, -0.05) is 0 Å². The van der Waals surface area contributed by atoms with Crippen LogP contribution in [-0.4, -0.2) is 45.4 Å². The molecular weight excluding hydrogens is 307 g/mol. The van der Waals surface area contributed by atoms with E-state index in [2.05, 4.69) is 14.9 Å². The van der Waals surface area contributed by atoms with Gasteiger partial charge in [0.25, 0.3) is 0 Å². The minimum atomic E-state index is -0.431. The number of halogens is 2. The van der Waals surface area contributed by atoms with Gasteiger partial charge in [-0.25, -0.2) is 9.37 Å². The van der Waals surface area contributed by atoms with Crippen LogP contribution in [0.4, 0.5) is 15.0 Å². The molecule has 1 fully saturated rings. The van der Waals surface area contributed by atoms with E-state index in [0.29, 0.717) is 24.1 Å². The summed E-state index contributed by atoms with van der Waals surface area (Å²) in [7, 11) is 0. The van der Waals surface area contributed by atoms with Gasteiger partial charge in [0.2, 0.25) is 0 Å². The molecule has 0 N–H and O–H groups in total. The maximum absolute atomic E-state index is 13.2. The number of anilines is 1. The van der Waals surface area contributed by atoms with Crippen LogP contribution in [0.25, 0.3) is 11.0 Å². The fourth-order valence-corrected chi connectivity index (χ4v) is 3.32. The van der Waals surface area contributed by atoms with Crippen LogP contribution >= 0.6 is 11.6 Å². The Balaban J connectivity index is 1.88. The molecule has 1 aromatic heterocycles. The molecule has 2 heterocycles. The van der Waals surface area contributed by atoms with Crippen molar-refractivity contribution in [2.24, 2.45) is 0 Å². The molecule has 0 radical (unpaired) electrons. The lowest BCUT2D eigenvalue weighted by Crippen LogP contribution is -2.57. The van der Waals surface area contributed by atoms with Crippen molar-refractivity contribution in [2.75, 3.05) is 18.0 Å². The SMILES string of the molecule is C[C@@H]1CN(c2cnc3cc(F)ccc3n2)C[C@@H](C)N1C(=O)Cl. The van der Waals surface area contributed by atoms with Gasteiger partial charge in [-0.05, 0) is 37.6 Å². The highest BCUT2D eigenvalue weighted by Crippen LogP contribution is 2.23. The molecule has 0 aliphatic carbocycles. The summed E-state index contributed by atoms with van der Waals surface area (Å²) in [4.78, 5) is 24.0. The van der Waals surface area contributed by atoms with Crippen LogP contribution in [0.1, 0.15) is 13.8 Å². The Labute approximate surface area is 132 Å². The average molecular weight is 323 g/mol. The summed E-state index contributed by atoms with van der Waals surface area (Å²) in [6.45, 7) is 5.16. The standard InChI is InChI=1S/C15H16ClFN4O/c1-9-7-20(8-10(2)21(9)15(16)22)14-6-18-13-5-11(17)3-4-12(13)19-14/h3-6,9-10H,7-8H2,1-2H3/t9-,10-/m1/s1. The highest BCUT2D eigenvalue weighted by Gasteiger charge is 2.32. The molecule has 3 rings (SSSR count). The zero-order valence-corrected chi connectivity index (χ0v) is 13.1. The normalized spacial score (nSPS) is 22.2. The van der Waals surface area contributed by atoms with E-state index in [1.165, 1.54) is 12.1 Å².